The Labute approximate surface area is 90.0 Å². The molecule has 2 nitrogen and oxygen atoms in total. The number of Topliss-reactive ketones (excluding diaryl/α,β-unsaturated/α-hetero) is 1. The summed E-state index contributed by atoms with van der Waals surface area (Å²) in [6.07, 6.45) is 10.5. The van der Waals surface area contributed by atoms with E-state index in [4.69, 9.17) is 0 Å². The first-order chi connectivity index (χ1) is 7.36. The number of pyridine rings is 1. The molecule has 1 aromatic rings. The Morgan fingerprint density at radius 1 is 1.40 bits per heavy atom. The van der Waals surface area contributed by atoms with E-state index in [0.29, 0.717) is 6.42 Å². The molecule has 0 N–H and O–H groups in total. The third kappa shape index (κ3) is 2.75. The van der Waals surface area contributed by atoms with Crippen LogP contribution < -0.4 is 0 Å². The third-order valence-corrected chi connectivity index (χ3v) is 2.74. The van der Waals surface area contributed by atoms with Crippen LogP contribution in [-0.4, -0.2) is 10.8 Å². The van der Waals surface area contributed by atoms with Crippen LogP contribution in [0.2, 0.25) is 0 Å². The van der Waals surface area contributed by atoms with Crippen LogP contribution in [0.15, 0.2) is 36.2 Å². The Morgan fingerprint density at radius 2 is 2.33 bits per heavy atom. The lowest BCUT2D eigenvalue weighted by molar-refractivity contribution is -0.115. The van der Waals surface area contributed by atoms with Crippen LogP contribution in [0.3, 0.4) is 0 Å². The molecule has 2 heteroatoms. The standard InChI is InChI=1S/C13H15NO/c15-13(12-6-2-1-3-7-12)9-11-5-4-8-14-10-11/h4-6,8,10H,1-3,7,9H2. The quantitative estimate of drug-likeness (QED) is 0.752. The number of aromatic nitrogens is 1. The van der Waals surface area contributed by atoms with E-state index in [1.165, 1.54) is 6.42 Å². The second-order valence-corrected chi connectivity index (χ2v) is 3.94. The lowest BCUT2D eigenvalue weighted by atomic mass is 9.94. The largest absolute Gasteiger partial charge is 0.294 e. The molecule has 0 unspecified atom stereocenters. The average molecular weight is 201 g/mol. The lowest BCUT2D eigenvalue weighted by Gasteiger charge is -2.11. The molecule has 78 valence electrons. The molecule has 2 rings (SSSR count). The molecule has 0 aromatic carbocycles. The van der Waals surface area contributed by atoms with Gasteiger partial charge >= 0.3 is 0 Å². The van der Waals surface area contributed by atoms with Gasteiger partial charge in [0.25, 0.3) is 0 Å². The van der Waals surface area contributed by atoms with Gasteiger partial charge in [-0.3, -0.25) is 9.78 Å². The molecule has 0 radical (unpaired) electrons. The van der Waals surface area contributed by atoms with E-state index < -0.39 is 0 Å². The lowest BCUT2D eigenvalue weighted by Crippen LogP contribution is -2.08. The van der Waals surface area contributed by atoms with Gasteiger partial charge in [-0.25, -0.2) is 0 Å². The average Bonchev–Trinajstić information content (AvgIpc) is 2.31. The molecule has 0 aliphatic heterocycles. The molecule has 0 amide bonds. The SMILES string of the molecule is O=C(Cc1cccnc1)C1=CCCCC1. The second kappa shape index (κ2) is 4.87. The molecular formula is C13H15NO. The van der Waals surface area contributed by atoms with Crippen molar-refractivity contribution in [2.24, 2.45) is 0 Å². The predicted octanol–water partition coefficient (Wildman–Crippen LogP) is 2.69. The van der Waals surface area contributed by atoms with Crippen molar-refractivity contribution in [3.63, 3.8) is 0 Å². The zero-order valence-electron chi connectivity index (χ0n) is 8.78. The monoisotopic (exact) mass is 201 g/mol. The molecule has 0 saturated heterocycles. The van der Waals surface area contributed by atoms with Crippen molar-refractivity contribution in [3.8, 4) is 0 Å². The summed E-state index contributed by atoms with van der Waals surface area (Å²) in [7, 11) is 0. The van der Waals surface area contributed by atoms with Gasteiger partial charge in [-0.1, -0.05) is 12.1 Å². The summed E-state index contributed by atoms with van der Waals surface area (Å²) in [6.45, 7) is 0. The van der Waals surface area contributed by atoms with Gasteiger partial charge in [0.15, 0.2) is 5.78 Å². The maximum absolute atomic E-state index is 11.9. The van der Waals surface area contributed by atoms with Crippen molar-refractivity contribution in [1.29, 1.82) is 0 Å². The highest BCUT2D eigenvalue weighted by Crippen LogP contribution is 2.19. The van der Waals surface area contributed by atoms with Gasteiger partial charge in [0, 0.05) is 18.8 Å². The summed E-state index contributed by atoms with van der Waals surface area (Å²) in [5.74, 6) is 0.266. The van der Waals surface area contributed by atoms with Crippen LogP contribution in [0.4, 0.5) is 0 Å². The summed E-state index contributed by atoms with van der Waals surface area (Å²) in [6, 6.07) is 3.83. The minimum Gasteiger partial charge on any atom is -0.294 e. The number of nitrogens with zero attached hydrogens (tertiary/aromatic N) is 1. The maximum atomic E-state index is 11.9. The molecule has 1 heterocycles. The Hall–Kier alpha value is -1.44. The first-order valence-corrected chi connectivity index (χ1v) is 5.47. The van der Waals surface area contributed by atoms with E-state index in [0.717, 1.165) is 30.4 Å². The molecule has 1 aliphatic carbocycles. The van der Waals surface area contributed by atoms with Crippen molar-refractivity contribution in [1.82, 2.24) is 4.98 Å². The predicted molar refractivity (Wildman–Crippen MR) is 59.5 cm³/mol. The highest BCUT2D eigenvalue weighted by Gasteiger charge is 2.12. The number of ketones is 1. The fourth-order valence-corrected chi connectivity index (χ4v) is 1.89. The van der Waals surface area contributed by atoms with Crippen molar-refractivity contribution < 1.29 is 4.79 Å². The van der Waals surface area contributed by atoms with E-state index in [-0.39, 0.29) is 5.78 Å². The molecule has 0 bridgehead atoms. The smallest absolute Gasteiger partial charge is 0.162 e. The topological polar surface area (TPSA) is 30.0 Å². The van der Waals surface area contributed by atoms with Crippen LogP contribution in [0, 0.1) is 0 Å². The van der Waals surface area contributed by atoms with Crippen molar-refractivity contribution in [2.45, 2.75) is 32.1 Å². The van der Waals surface area contributed by atoms with Crippen LogP contribution in [0.1, 0.15) is 31.2 Å². The normalized spacial score (nSPS) is 15.9. The molecular weight excluding hydrogens is 186 g/mol. The van der Waals surface area contributed by atoms with Crippen molar-refractivity contribution in [3.05, 3.63) is 41.7 Å². The number of hydrogen-bond donors (Lipinski definition) is 0. The minimum atomic E-state index is 0.266. The van der Waals surface area contributed by atoms with E-state index in [2.05, 4.69) is 11.1 Å². The van der Waals surface area contributed by atoms with Crippen LogP contribution in [0.5, 0.6) is 0 Å². The van der Waals surface area contributed by atoms with Crippen molar-refractivity contribution >= 4 is 5.78 Å². The van der Waals surface area contributed by atoms with Gasteiger partial charge < -0.3 is 0 Å². The Kier molecular flexibility index (Phi) is 3.28. The second-order valence-electron chi connectivity index (χ2n) is 3.94. The van der Waals surface area contributed by atoms with E-state index in [1.54, 1.807) is 12.4 Å². The zero-order valence-corrected chi connectivity index (χ0v) is 8.78. The van der Waals surface area contributed by atoms with Gasteiger partial charge in [0.1, 0.15) is 0 Å². The van der Waals surface area contributed by atoms with Gasteiger partial charge in [0.05, 0.1) is 0 Å². The van der Waals surface area contributed by atoms with Gasteiger partial charge in [-0.15, -0.1) is 0 Å². The summed E-state index contributed by atoms with van der Waals surface area (Å²) >= 11 is 0. The summed E-state index contributed by atoms with van der Waals surface area (Å²) in [4.78, 5) is 15.9. The van der Waals surface area contributed by atoms with Crippen LogP contribution in [0.25, 0.3) is 0 Å². The number of rotatable bonds is 3. The van der Waals surface area contributed by atoms with Crippen molar-refractivity contribution in [2.75, 3.05) is 0 Å². The van der Waals surface area contributed by atoms with E-state index in [1.807, 2.05) is 12.1 Å². The first-order valence-electron chi connectivity index (χ1n) is 5.47. The Balaban J connectivity index is 2.00. The first kappa shape index (κ1) is 10.1. The number of hydrogen-bond acceptors (Lipinski definition) is 2. The number of allylic oxidation sites excluding steroid dienone is 2. The van der Waals surface area contributed by atoms with E-state index >= 15 is 0 Å². The van der Waals surface area contributed by atoms with Gasteiger partial charge in [0.2, 0.25) is 0 Å². The van der Waals surface area contributed by atoms with E-state index in [9.17, 15) is 4.79 Å². The Bertz CT molecular complexity index is 367. The maximum Gasteiger partial charge on any atom is 0.162 e. The highest BCUT2D eigenvalue weighted by molar-refractivity contribution is 5.96. The zero-order chi connectivity index (χ0) is 10.5. The summed E-state index contributed by atoms with van der Waals surface area (Å²) in [5.41, 5.74) is 2.03. The minimum absolute atomic E-state index is 0.266. The Morgan fingerprint density at radius 3 is 3.00 bits per heavy atom. The van der Waals surface area contributed by atoms with Crippen LogP contribution in [-0.2, 0) is 11.2 Å². The van der Waals surface area contributed by atoms with Crippen LogP contribution >= 0.6 is 0 Å². The molecule has 1 aromatic heterocycles. The number of carbonyl (C=O) groups excluding carboxylic acids is 1. The fraction of sp³-hybridized carbons (Fsp3) is 0.385. The third-order valence-electron chi connectivity index (χ3n) is 2.74. The fourth-order valence-electron chi connectivity index (χ4n) is 1.89. The molecule has 15 heavy (non-hydrogen) atoms. The summed E-state index contributed by atoms with van der Waals surface area (Å²) in [5, 5.41) is 0. The molecule has 0 saturated carbocycles. The molecule has 0 fully saturated rings. The number of carbonyl (C=O) groups is 1. The highest BCUT2D eigenvalue weighted by atomic mass is 16.1. The molecule has 0 atom stereocenters. The van der Waals surface area contributed by atoms with Gasteiger partial charge in [-0.05, 0) is 42.9 Å². The summed E-state index contributed by atoms with van der Waals surface area (Å²) < 4.78 is 0. The molecule has 0 spiro atoms. The van der Waals surface area contributed by atoms with Gasteiger partial charge in [-0.2, -0.15) is 0 Å². The molecule has 1 aliphatic rings.